The number of amides is 2. The Morgan fingerprint density at radius 2 is 1.74 bits per heavy atom. The Kier molecular flexibility index (Phi) is 7.45. The van der Waals surface area contributed by atoms with E-state index in [1.54, 1.807) is 36.4 Å². The lowest BCUT2D eigenvalue weighted by molar-refractivity contribution is -0.141. The molecular weight excluding hydrogens is 452 g/mol. The van der Waals surface area contributed by atoms with Gasteiger partial charge in [0.2, 0.25) is 5.91 Å². The van der Waals surface area contributed by atoms with E-state index < -0.39 is 23.8 Å². The highest BCUT2D eigenvalue weighted by atomic mass is 16.5. The molecule has 9 heteroatoms. The van der Waals surface area contributed by atoms with E-state index >= 15 is 0 Å². The maximum absolute atomic E-state index is 12.3. The highest BCUT2D eigenvalue weighted by molar-refractivity contribution is 5.88. The zero-order valence-electron chi connectivity index (χ0n) is 19.0. The number of hydrogen-bond donors (Lipinski definition) is 3. The van der Waals surface area contributed by atoms with Crippen LogP contribution in [0.4, 0.5) is 0 Å². The van der Waals surface area contributed by atoms with E-state index in [-0.39, 0.29) is 25.2 Å². The topological polar surface area (TPSA) is 135 Å². The van der Waals surface area contributed by atoms with E-state index in [0.717, 1.165) is 47.8 Å². The minimum Gasteiger partial charge on any atom is -0.484 e. The first-order valence-electron chi connectivity index (χ1n) is 11.4. The lowest BCUT2D eigenvalue weighted by Crippen LogP contribution is -2.47. The van der Waals surface area contributed by atoms with Gasteiger partial charge in [-0.2, -0.15) is 0 Å². The van der Waals surface area contributed by atoms with Crippen LogP contribution in [-0.4, -0.2) is 42.1 Å². The summed E-state index contributed by atoms with van der Waals surface area (Å²) in [5.41, 5.74) is 2.60. The second-order valence-electron chi connectivity index (χ2n) is 8.43. The number of fused-ring (bicyclic) bond motifs is 3. The molecule has 2 aromatic carbocycles. The molecule has 0 spiro atoms. The van der Waals surface area contributed by atoms with Crippen LogP contribution in [-0.2, 0) is 33.6 Å². The number of nitrogens with one attached hydrogen (secondary N) is 2. The van der Waals surface area contributed by atoms with E-state index in [9.17, 15) is 24.3 Å². The van der Waals surface area contributed by atoms with Crippen molar-refractivity contribution in [1.82, 2.24) is 10.6 Å². The number of aryl methyl sites for hydroxylation is 1. The van der Waals surface area contributed by atoms with Crippen LogP contribution in [0.2, 0.25) is 0 Å². The monoisotopic (exact) mass is 478 g/mol. The van der Waals surface area contributed by atoms with Crippen molar-refractivity contribution in [2.45, 2.75) is 38.1 Å². The average molecular weight is 479 g/mol. The molecule has 0 unspecified atom stereocenters. The van der Waals surface area contributed by atoms with Crippen LogP contribution in [0.1, 0.15) is 29.5 Å². The fraction of sp³-hybridized carbons (Fsp3) is 0.308. The van der Waals surface area contributed by atoms with Gasteiger partial charge in [0.05, 0.1) is 6.54 Å². The molecule has 0 saturated heterocycles. The summed E-state index contributed by atoms with van der Waals surface area (Å²) in [6.07, 6.45) is 3.67. The van der Waals surface area contributed by atoms with Gasteiger partial charge in [0.25, 0.3) is 5.91 Å². The van der Waals surface area contributed by atoms with Gasteiger partial charge in [-0.3, -0.25) is 9.59 Å². The molecule has 3 aromatic rings. The number of ether oxygens (including phenoxy) is 1. The van der Waals surface area contributed by atoms with Crippen molar-refractivity contribution in [2.75, 3.05) is 13.2 Å². The Bertz CT molecular complexity index is 1300. The molecule has 3 N–H and O–H groups in total. The number of carboxylic acid groups (broad SMARTS) is 1. The first-order valence-corrected chi connectivity index (χ1v) is 11.4. The number of hydrogen-bond acceptors (Lipinski definition) is 6. The van der Waals surface area contributed by atoms with Crippen molar-refractivity contribution >= 4 is 28.8 Å². The molecule has 1 heterocycles. The van der Waals surface area contributed by atoms with Crippen molar-refractivity contribution in [2.24, 2.45) is 0 Å². The molecule has 0 radical (unpaired) electrons. The summed E-state index contributed by atoms with van der Waals surface area (Å²) < 4.78 is 10.9. The van der Waals surface area contributed by atoms with Gasteiger partial charge in [0, 0.05) is 23.4 Å². The largest absolute Gasteiger partial charge is 0.484 e. The van der Waals surface area contributed by atoms with Crippen molar-refractivity contribution in [3.05, 3.63) is 75.6 Å². The fourth-order valence-electron chi connectivity index (χ4n) is 4.19. The Morgan fingerprint density at radius 1 is 1.00 bits per heavy atom. The summed E-state index contributed by atoms with van der Waals surface area (Å²) in [5.74, 6) is -1.99. The van der Waals surface area contributed by atoms with Crippen LogP contribution in [0.25, 0.3) is 11.0 Å². The van der Waals surface area contributed by atoms with Crippen LogP contribution < -0.4 is 21.0 Å². The van der Waals surface area contributed by atoms with Gasteiger partial charge in [-0.05, 0) is 48.9 Å². The molecular formula is C26H26N2O7. The molecule has 2 amide bonds. The number of aliphatic carboxylic acids is 1. The van der Waals surface area contributed by atoms with E-state index in [4.69, 9.17) is 9.15 Å². The molecule has 1 aromatic heterocycles. The van der Waals surface area contributed by atoms with Crippen LogP contribution >= 0.6 is 0 Å². The molecule has 0 fully saturated rings. The molecule has 35 heavy (non-hydrogen) atoms. The average Bonchev–Trinajstić information content (AvgIpc) is 2.86. The predicted molar refractivity (Wildman–Crippen MR) is 127 cm³/mol. The third-order valence-corrected chi connectivity index (χ3v) is 5.93. The lowest BCUT2D eigenvalue weighted by Gasteiger charge is -2.16. The summed E-state index contributed by atoms with van der Waals surface area (Å²) in [6.45, 7) is -0.750. The van der Waals surface area contributed by atoms with Gasteiger partial charge >= 0.3 is 11.6 Å². The molecule has 4 rings (SSSR count). The third kappa shape index (κ3) is 6.06. The summed E-state index contributed by atoms with van der Waals surface area (Å²) in [4.78, 5) is 48.0. The van der Waals surface area contributed by atoms with Crippen molar-refractivity contribution in [3.8, 4) is 5.75 Å². The molecule has 182 valence electrons. The summed E-state index contributed by atoms with van der Waals surface area (Å²) >= 11 is 0. The van der Waals surface area contributed by atoms with Gasteiger partial charge in [-0.1, -0.05) is 30.3 Å². The predicted octanol–water partition coefficient (Wildman–Crippen LogP) is 1.98. The van der Waals surface area contributed by atoms with Crippen LogP contribution in [0.3, 0.4) is 0 Å². The zero-order chi connectivity index (χ0) is 24.8. The molecule has 0 aliphatic heterocycles. The first-order chi connectivity index (χ1) is 16.9. The summed E-state index contributed by atoms with van der Waals surface area (Å²) in [6, 6.07) is 12.9. The van der Waals surface area contributed by atoms with Gasteiger partial charge in [0.15, 0.2) is 6.61 Å². The number of carbonyl (C=O) groups is 3. The number of rotatable bonds is 9. The third-order valence-electron chi connectivity index (χ3n) is 5.93. The summed E-state index contributed by atoms with van der Waals surface area (Å²) in [7, 11) is 0. The minimum atomic E-state index is -1.17. The Hall–Kier alpha value is -4.14. The first kappa shape index (κ1) is 24.0. The van der Waals surface area contributed by atoms with Crippen LogP contribution in [0.15, 0.2) is 57.7 Å². The van der Waals surface area contributed by atoms with Gasteiger partial charge in [0.1, 0.15) is 17.4 Å². The fourth-order valence-corrected chi connectivity index (χ4v) is 4.19. The maximum atomic E-state index is 12.3. The Labute approximate surface area is 201 Å². The highest BCUT2D eigenvalue weighted by Gasteiger charge is 2.21. The van der Waals surface area contributed by atoms with Gasteiger partial charge < -0.3 is 24.9 Å². The maximum Gasteiger partial charge on any atom is 0.339 e. The Balaban J connectivity index is 1.29. The number of carbonyl (C=O) groups excluding carboxylic acids is 2. The van der Waals surface area contributed by atoms with Gasteiger partial charge in [-0.15, -0.1) is 0 Å². The molecule has 9 nitrogen and oxygen atoms in total. The van der Waals surface area contributed by atoms with E-state index in [1.807, 2.05) is 12.1 Å². The number of benzene rings is 2. The standard InChI is InChI=1S/C26H26N2O7/c29-23(28-21(25(31)32)12-16-6-2-1-3-7-16)14-27-24(30)15-34-17-10-11-19-18-8-4-5-9-20(18)26(33)35-22(19)13-17/h1-3,6-7,10-11,13,21H,4-5,8-9,12,14-15H2,(H,27,30)(H,28,29)(H,31,32)/t21-/m0/s1. The van der Waals surface area contributed by atoms with Crippen molar-refractivity contribution in [1.29, 1.82) is 0 Å². The number of carboxylic acids is 1. The van der Waals surface area contributed by atoms with E-state index in [2.05, 4.69) is 10.6 Å². The normalized spacial score (nSPS) is 13.5. The molecule has 1 atom stereocenters. The minimum absolute atomic E-state index is 0.125. The zero-order valence-corrected chi connectivity index (χ0v) is 19.0. The molecule has 1 aliphatic rings. The van der Waals surface area contributed by atoms with Crippen molar-refractivity contribution < 1.29 is 28.6 Å². The molecule has 1 aliphatic carbocycles. The SMILES string of the molecule is O=C(COc1ccc2c3c(c(=O)oc2c1)CCCC3)NCC(=O)N[C@@H](Cc1ccccc1)C(=O)O. The van der Waals surface area contributed by atoms with E-state index in [0.29, 0.717) is 11.3 Å². The second-order valence-corrected chi connectivity index (χ2v) is 8.43. The van der Waals surface area contributed by atoms with E-state index in [1.165, 1.54) is 0 Å². The van der Waals surface area contributed by atoms with Crippen molar-refractivity contribution in [3.63, 3.8) is 0 Å². The van der Waals surface area contributed by atoms with Crippen LogP contribution in [0.5, 0.6) is 5.75 Å². The molecule has 0 saturated carbocycles. The lowest BCUT2D eigenvalue weighted by atomic mass is 9.91. The molecule has 0 bridgehead atoms. The van der Waals surface area contributed by atoms with Crippen LogP contribution in [0, 0.1) is 0 Å². The second kappa shape index (κ2) is 10.9. The summed E-state index contributed by atoms with van der Waals surface area (Å²) in [5, 5.41) is 15.1. The quantitative estimate of drug-likeness (QED) is 0.400. The smallest absolute Gasteiger partial charge is 0.339 e. The Morgan fingerprint density at radius 3 is 2.49 bits per heavy atom. The highest BCUT2D eigenvalue weighted by Crippen LogP contribution is 2.29. The van der Waals surface area contributed by atoms with Gasteiger partial charge in [-0.25, -0.2) is 9.59 Å².